The van der Waals surface area contributed by atoms with E-state index in [1.165, 1.54) is 16.4 Å². The number of esters is 2. The number of piperidine rings is 2. The van der Waals surface area contributed by atoms with Gasteiger partial charge in [0.2, 0.25) is 15.9 Å². The zero-order chi connectivity index (χ0) is 47.3. The molecular formula is C46H60ClFN4O10S2. The maximum atomic E-state index is 15.0. The van der Waals surface area contributed by atoms with Gasteiger partial charge in [-0.15, -0.1) is 11.3 Å². The molecule has 6 rings (SSSR count). The predicted molar refractivity (Wildman–Crippen MR) is 245 cm³/mol. The lowest BCUT2D eigenvalue weighted by Crippen LogP contribution is -2.55. The smallest absolute Gasteiger partial charge is 0.410 e. The van der Waals surface area contributed by atoms with Crippen LogP contribution < -0.4 is 15.4 Å². The summed E-state index contributed by atoms with van der Waals surface area (Å²) in [5.41, 5.74) is -1.33. The van der Waals surface area contributed by atoms with Crippen LogP contribution in [0.3, 0.4) is 0 Å². The summed E-state index contributed by atoms with van der Waals surface area (Å²) >= 11 is 7.97. The van der Waals surface area contributed by atoms with Crippen molar-refractivity contribution in [3.63, 3.8) is 0 Å². The number of ether oxygens (including phenoxy) is 4. The molecule has 3 fully saturated rings. The van der Waals surface area contributed by atoms with Gasteiger partial charge in [-0.25, -0.2) is 27.2 Å². The first-order valence-electron chi connectivity index (χ1n) is 21.4. The normalized spacial score (nSPS) is 21.1. The van der Waals surface area contributed by atoms with Crippen LogP contribution in [0.5, 0.6) is 5.75 Å². The van der Waals surface area contributed by atoms with Gasteiger partial charge in [0.15, 0.2) is 17.2 Å². The fourth-order valence-corrected chi connectivity index (χ4v) is 11.7. The second-order valence-corrected chi connectivity index (χ2v) is 23.7. The Morgan fingerprint density at radius 3 is 2.16 bits per heavy atom. The van der Waals surface area contributed by atoms with Gasteiger partial charge in [-0.2, -0.15) is 4.31 Å². The molecule has 64 heavy (non-hydrogen) atoms. The van der Waals surface area contributed by atoms with E-state index < -0.39 is 68.6 Å². The molecular weight excluding hydrogens is 887 g/mol. The number of anilines is 2. The zero-order valence-corrected chi connectivity index (χ0v) is 40.7. The first kappa shape index (κ1) is 49.0. The minimum atomic E-state index is -3.90. The second kappa shape index (κ2) is 18.1. The summed E-state index contributed by atoms with van der Waals surface area (Å²) in [7, 11) is -3.90. The monoisotopic (exact) mass is 946 g/mol. The highest BCUT2D eigenvalue weighted by molar-refractivity contribution is 7.88. The number of likely N-dealkylation sites (tertiary alicyclic amines) is 1. The van der Waals surface area contributed by atoms with Crippen molar-refractivity contribution in [2.75, 3.05) is 36.9 Å². The number of nitrogens with one attached hydrogen (secondary N) is 2. The highest BCUT2D eigenvalue weighted by Gasteiger charge is 2.60. The van der Waals surface area contributed by atoms with Crippen molar-refractivity contribution in [3.05, 3.63) is 63.7 Å². The molecule has 3 aromatic rings. The lowest BCUT2D eigenvalue weighted by molar-refractivity contribution is -0.157. The molecule has 1 saturated carbocycles. The Morgan fingerprint density at radius 1 is 0.906 bits per heavy atom. The van der Waals surface area contributed by atoms with Gasteiger partial charge >= 0.3 is 18.0 Å². The molecule has 3 aliphatic rings. The van der Waals surface area contributed by atoms with E-state index in [0.29, 0.717) is 41.9 Å². The number of benzene rings is 2. The fourth-order valence-electron chi connectivity index (χ4n) is 8.33. The predicted octanol–water partition coefficient (Wildman–Crippen LogP) is 9.12. The average Bonchev–Trinajstić information content (AvgIpc) is 3.44. The summed E-state index contributed by atoms with van der Waals surface area (Å²) in [6, 6.07) is 11.3. The Bertz CT molecular complexity index is 2390. The van der Waals surface area contributed by atoms with E-state index in [9.17, 15) is 27.6 Å². The van der Waals surface area contributed by atoms with Gasteiger partial charge in [-0.1, -0.05) is 29.8 Å². The molecule has 0 radical (unpaired) electrons. The average molecular weight is 948 g/mol. The number of amides is 2. The van der Waals surface area contributed by atoms with Crippen molar-refractivity contribution in [3.8, 4) is 16.2 Å². The van der Waals surface area contributed by atoms with E-state index in [4.69, 9.17) is 30.5 Å². The molecule has 2 aliphatic heterocycles. The molecule has 14 nitrogen and oxygen atoms in total. The number of carbonyl (C=O) groups is 4. The number of fused-ring (bicyclic) bond motifs is 1. The lowest BCUT2D eigenvalue weighted by atomic mass is 9.89. The van der Waals surface area contributed by atoms with E-state index in [0.717, 1.165) is 23.1 Å². The van der Waals surface area contributed by atoms with Gasteiger partial charge < -0.3 is 34.5 Å². The summed E-state index contributed by atoms with van der Waals surface area (Å²) in [6.45, 7) is 20.0. The Hall–Kier alpha value is -4.45. The van der Waals surface area contributed by atoms with Crippen LogP contribution in [0, 0.1) is 23.6 Å². The number of thiophene rings is 1. The molecule has 3 heterocycles. The molecule has 18 heteroatoms. The molecule has 2 saturated heterocycles. The summed E-state index contributed by atoms with van der Waals surface area (Å²) < 4.78 is 66.8. The van der Waals surface area contributed by atoms with Crippen molar-refractivity contribution >= 4 is 68.3 Å². The highest BCUT2D eigenvalue weighted by Crippen LogP contribution is 2.52. The highest BCUT2D eigenvalue weighted by atomic mass is 35.5. The van der Waals surface area contributed by atoms with Crippen LogP contribution in [0.2, 0.25) is 5.02 Å². The minimum absolute atomic E-state index is 0.0204. The van der Waals surface area contributed by atoms with Gasteiger partial charge in [0.05, 0.1) is 16.3 Å². The van der Waals surface area contributed by atoms with Crippen LogP contribution in [0.4, 0.5) is 20.6 Å². The van der Waals surface area contributed by atoms with Crippen LogP contribution in [0.1, 0.15) is 104 Å². The Morgan fingerprint density at radius 2 is 1.55 bits per heavy atom. The lowest BCUT2D eigenvalue weighted by Gasteiger charge is -2.45. The van der Waals surface area contributed by atoms with Crippen LogP contribution >= 0.6 is 22.9 Å². The molecule has 2 aromatic carbocycles. The van der Waals surface area contributed by atoms with Crippen LogP contribution in [0.15, 0.2) is 42.5 Å². The summed E-state index contributed by atoms with van der Waals surface area (Å²) in [5, 5.41) is 6.36. The second-order valence-electron chi connectivity index (χ2n) is 20.4. The summed E-state index contributed by atoms with van der Waals surface area (Å²) in [6.07, 6.45) is 0.519. The van der Waals surface area contributed by atoms with Crippen molar-refractivity contribution < 1.29 is 50.9 Å². The van der Waals surface area contributed by atoms with Gasteiger partial charge in [-0.05, 0) is 136 Å². The molecule has 0 bridgehead atoms. The molecule has 1 aromatic heterocycles. The Kier molecular flexibility index (Phi) is 13.8. The van der Waals surface area contributed by atoms with Gasteiger partial charge in [-0.3, -0.25) is 4.79 Å². The van der Waals surface area contributed by atoms with Crippen LogP contribution in [0.25, 0.3) is 10.4 Å². The largest absolute Gasteiger partial charge is 0.479 e. The van der Waals surface area contributed by atoms with E-state index in [2.05, 4.69) is 10.6 Å². The van der Waals surface area contributed by atoms with Crippen molar-refractivity contribution in [2.45, 2.75) is 123 Å². The van der Waals surface area contributed by atoms with E-state index in [1.807, 2.05) is 38.1 Å². The third kappa shape index (κ3) is 12.1. The minimum Gasteiger partial charge on any atom is -0.479 e. The SMILES string of the molecule is CC(C)(C)OC(=O)COc1c(C(=O)OC(C)(C)C)sc(-c2cccc(N[C@H]3CCN(S(=O)(=O)Cc4ccc(F)c(NC(=O)C5[C@H]6CN(C(=O)OC(C)(C)C)C[C@@H]56)c4)C(C)(C)C3)c2)c1Cl. The number of carbonyl (C=O) groups excluding carboxylic acids is 4. The van der Waals surface area contributed by atoms with E-state index >= 15 is 4.39 Å². The van der Waals surface area contributed by atoms with Crippen molar-refractivity contribution in [1.82, 2.24) is 9.21 Å². The first-order valence-corrected chi connectivity index (χ1v) is 24.2. The quantitative estimate of drug-likeness (QED) is 0.131. The summed E-state index contributed by atoms with van der Waals surface area (Å²) in [5.74, 6) is -3.17. The Balaban J connectivity index is 1.09. The molecule has 0 spiro atoms. The first-order chi connectivity index (χ1) is 29.5. The summed E-state index contributed by atoms with van der Waals surface area (Å²) in [4.78, 5) is 53.8. The number of halogens is 2. The van der Waals surface area contributed by atoms with Gasteiger partial charge in [0.25, 0.3) is 0 Å². The zero-order valence-electron chi connectivity index (χ0n) is 38.3. The molecule has 350 valence electrons. The third-order valence-corrected chi connectivity index (χ3v) is 14.6. The van der Waals surface area contributed by atoms with Crippen molar-refractivity contribution in [1.29, 1.82) is 0 Å². The molecule has 4 atom stereocenters. The third-order valence-electron chi connectivity index (χ3n) is 10.9. The molecule has 2 amide bonds. The van der Waals surface area contributed by atoms with Crippen LogP contribution in [-0.2, 0) is 39.6 Å². The van der Waals surface area contributed by atoms with Gasteiger partial charge in [0.1, 0.15) is 27.6 Å². The number of sulfonamides is 1. The van der Waals surface area contributed by atoms with Crippen LogP contribution in [-0.4, -0.2) is 96.2 Å². The van der Waals surface area contributed by atoms with Crippen molar-refractivity contribution in [2.24, 2.45) is 17.8 Å². The van der Waals surface area contributed by atoms with E-state index in [1.54, 1.807) is 67.2 Å². The maximum absolute atomic E-state index is 15.0. The number of rotatable bonds is 12. The standard InChI is InChI=1S/C46H60ClFN4O10S2/c1-43(2,3)60-34(53)24-59-37-36(47)38(63-39(37)41(55)61-44(4,5)6)27-13-12-14-28(20-27)49-29-17-18-52(46(10,11)21-29)64(57,58)25-26-15-16-32(48)33(19-26)50-40(54)35-30-22-51(23-31(30)35)42(56)62-45(7,8)9/h12-16,19-20,29-31,35,49H,17-18,21-25H2,1-11H3,(H,50,54)/t29-,30-,31+,35?/m0/s1. The molecule has 2 N–H and O–H groups in total. The maximum Gasteiger partial charge on any atom is 0.410 e. The number of hydrogen-bond donors (Lipinski definition) is 2. The van der Waals surface area contributed by atoms with E-state index in [-0.39, 0.29) is 57.6 Å². The number of nitrogens with zero attached hydrogens (tertiary/aromatic N) is 2. The molecule has 1 aliphatic carbocycles. The fraction of sp³-hybridized carbons (Fsp3) is 0.565. The topological polar surface area (TPSA) is 170 Å². The van der Waals surface area contributed by atoms with Gasteiger partial charge in [0, 0.05) is 42.8 Å². The Labute approximate surface area is 384 Å². The molecule has 1 unspecified atom stereocenters. The number of hydrogen-bond acceptors (Lipinski definition) is 12.